The Morgan fingerprint density at radius 1 is 1.12 bits per heavy atom. The van der Waals surface area contributed by atoms with E-state index in [0.717, 1.165) is 6.41 Å². The second-order valence-corrected chi connectivity index (χ2v) is 7.86. The van der Waals surface area contributed by atoms with Crippen molar-refractivity contribution in [3.05, 3.63) is 29.8 Å². The molecular weight excluding hydrogens is 430 g/mol. The van der Waals surface area contributed by atoms with Crippen LogP contribution in [0.25, 0.3) is 0 Å². The van der Waals surface area contributed by atoms with Crippen molar-refractivity contribution in [3.8, 4) is 0 Å². The Balaban J connectivity index is 1.57. The summed E-state index contributed by atoms with van der Waals surface area (Å²) in [5.41, 5.74) is 0.836. The van der Waals surface area contributed by atoms with Gasteiger partial charge >= 0.3 is 5.97 Å². The van der Waals surface area contributed by atoms with Gasteiger partial charge in [-0.2, -0.15) is 0 Å². The molecule has 0 unspecified atom stereocenters. The molecule has 3 rings (SSSR count). The summed E-state index contributed by atoms with van der Waals surface area (Å²) < 4.78 is 4.93. The minimum absolute atomic E-state index is 0.132. The normalized spacial score (nSPS) is 18.9. The zero-order valence-corrected chi connectivity index (χ0v) is 18.6. The molecule has 33 heavy (non-hydrogen) atoms. The van der Waals surface area contributed by atoms with Gasteiger partial charge in [0.15, 0.2) is 0 Å². The number of benzene rings is 1. The third-order valence-corrected chi connectivity index (χ3v) is 5.62. The van der Waals surface area contributed by atoms with Gasteiger partial charge in [0.2, 0.25) is 24.1 Å². The number of carbonyl (C=O) groups excluding carboxylic acids is 5. The highest BCUT2D eigenvalue weighted by atomic mass is 16.5. The highest BCUT2D eigenvalue weighted by Crippen LogP contribution is 2.15. The molecule has 1 atom stereocenters. The predicted octanol–water partition coefficient (Wildman–Crippen LogP) is -0.707. The molecule has 11 nitrogen and oxygen atoms in total. The Bertz CT molecular complexity index is 882. The molecule has 4 amide bonds. The van der Waals surface area contributed by atoms with E-state index < -0.39 is 17.9 Å². The van der Waals surface area contributed by atoms with Gasteiger partial charge in [-0.15, -0.1) is 0 Å². The first-order valence-electron chi connectivity index (χ1n) is 11.0. The summed E-state index contributed by atoms with van der Waals surface area (Å²) in [6, 6.07) is 5.34. The molecule has 2 saturated heterocycles. The topological polar surface area (TPSA) is 128 Å². The monoisotopic (exact) mass is 459 g/mol. The van der Waals surface area contributed by atoms with E-state index in [1.54, 1.807) is 36.1 Å². The van der Waals surface area contributed by atoms with Gasteiger partial charge in [-0.1, -0.05) is 0 Å². The van der Waals surface area contributed by atoms with Crippen LogP contribution in [0.4, 0.5) is 5.69 Å². The fourth-order valence-electron chi connectivity index (χ4n) is 3.82. The van der Waals surface area contributed by atoms with E-state index in [1.165, 1.54) is 4.90 Å². The van der Waals surface area contributed by atoms with Crippen LogP contribution in [0.5, 0.6) is 0 Å². The van der Waals surface area contributed by atoms with Crippen LogP contribution in [0.1, 0.15) is 23.7 Å². The standard InChI is InChI=1S/C22H29N5O6/c1-2-33-22(32)16-3-5-17(6-4-16)24-19(29)13-18-21(31)23-7-8-27(18)20(30)14-25-9-11-26(15-28)12-10-25/h3-6,15,18H,2,7-14H2,1H3,(H,23,31)(H,24,29)/t18-/m0/s1. The molecule has 0 spiro atoms. The maximum absolute atomic E-state index is 12.9. The molecule has 0 aliphatic carbocycles. The minimum atomic E-state index is -0.902. The van der Waals surface area contributed by atoms with Gasteiger partial charge in [-0.25, -0.2) is 4.79 Å². The van der Waals surface area contributed by atoms with Crippen LogP contribution < -0.4 is 10.6 Å². The van der Waals surface area contributed by atoms with E-state index in [1.807, 2.05) is 4.90 Å². The van der Waals surface area contributed by atoms with Gasteiger partial charge in [0.05, 0.1) is 25.1 Å². The summed E-state index contributed by atoms with van der Waals surface area (Å²) in [4.78, 5) is 65.6. The maximum Gasteiger partial charge on any atom is 0.338 e. The molecule has 2 fully saturated rings. The van der Waals surface area contributed by atoms with Crippen LogP contribution in [0, 0.1) is 0 Å². The Kier molecular flexibility index (Phi) is 8.36. The summed E-state index contributed by atoms with van der Waals surface area (Å²) in [5, 5.41) is 5.41. The van der Waals surface area contributed by atoms with Gasteiger partial charge in [0, 0.05) is 45.0 Å². The molecule has 2 aliphatic rings. The zero-order chi connectivity index (χ0) is 23.8. The summed E-state index contributed by atoms with van der Waals surface area (Å²) >= 11 is 0. The minimum Gasteiger partial charge on any atom is -0.462 e. The van der Waals surface area contributed by atoms with Crippen LogP contribution in [0.15, 0.2) is 24.3 Å². The molecule has 0 aromatic heterocycles. The first kappa shape index (κ1) is 24.2. The van der Waals surface area contributed by atoms with Crippen molar-refractivity contribution < 1.29 is 28.7 Å². The molecule has 0 radical (unpaired) electrons. The molecule has 0 bridgehead atoms. The van der Waals surface area contributed by atoms with Crippen molar-refractivity contribution in [1.82, 2.24) is 20.0 Å². The summed E-state index contributed by atoms with van der Waals surface area (Å²) in [6.45, 7) is 5.04. The highest BCUT2D eigenvalue weighted by Gasteiger charge is 2.35. The lowest BCUT2D eigenvalue weighted by Crippen LogP contribution is -2.60. The van der Waals surface area contributed by atoms with Gasteiger partial charge in [-0.05, 0) is 31.2 Å². The lowest BCUT2D eigenvalue weighted by Gasteiger charge is -2.37. The van der Waals surface area contributed by atoms with Crippen LogP contribution in [0.3, 0.4) is 0 Å². The molecular formula is C22H29N5O6. The number of hydrogen-bond acceptors (Lipinski definition) is 7. The Morgan fingerprint density at radius 3 is 2.45 bits per heavy atom. The van der Waals surface area contributed by atoms with E-state index in [2.05, 4.69) is 10.6 Å². The second-order valence-electron chi connectivity index (χ2n) is 7.86. The lowest BCUT2D eigenvalue weighted by atomic mass is 10.1. The van der Waals surface area contributed by atoms with E-state index in [0.29, 0.717) is 50.5 Å². The number of anilines is 1. The number of esters is 1. The number of piperazine rings is 2. The molecule has 11 heteroatoms. The van der Waals surface area contributed by atoms with E-state index in [-0.39, 0.29) is 31.4 Å². The third-order valence-electron chi connectivity index (χ3n) is 5.62. The fourth-order valence-corrected chi connectivity index (χ4v) is 3.82. The summed E-state index contributed by atoms with van der Waals surface area (Å²) in [7, 11) is 0. The number of rotatable bonds is 8. The molecule has 178 valence electrons. The number of carbonyl (C=O) groups is 5. The predicted molar refractivity (Wildman–Crippen MR) is 118 cm³/mol. The number of hydrogen-bond donors (Lipinski definition) is 2. The molecule has 2 heterocycles. The number of nitrogens with zero attached hydrogens (tertiary/aromatic N) is 3. The van der Waals surface area contributed by atoms with Crippen molar-refractivity contribution in [2.24, 2.45) is 0 Å². The number of nitrogens with one attached hydrogen (secondary N) is 2. The van der Waals surface area contributed by atoms with Crippen molar-refractivity contribution >= 4 is 35.8 Å². The van der Waals surface area contributed by atoms with Crippen molar-refractivity contribution in [2.75, 3.05) is 57.7 Å². The van der Waals surface area contributed by atoms with Crippen LogP contribution >= 0.6 is 0 Å². The molecule has 1 aromatic carbocycles. The van der Waals surface area contributed by atoms with Crippen molar-refractivity contribution in [2.45, 2.75) is 19.4 Å². The van der Waals surface area contributed by atoms with Gasteiger partial charge in [0.1, 0.15) is 6.04 Å². The molecule has 2 aliphatic heterocycles. The Morgan fingerprint density at radius 2 is 1.82 bits per heavy atom. The van der Waals surface area contributed by atoms with Gasteiger partial charge in [0.25, 0.3) is 0 Å². The summed E-state index contributed by atoms with van der Waals surface area (Å²) in [5.74, 6) is -1.46. The van der Waals surface area contributed by atoms with Gasteiger partial charge < -0.3 is 25.2 Å². The van der Waals surface area contributed by atoms with Crippen LogP contribution in [-0.4, -0.2) is 103 Å². The highest BCUT2D eigenvalue weighted by molar-refractivity contribution is 5.98. The first-order valence-corrected chi connectivity index (χ1v) is 11.0. The molecule has 1 aromatic rings. The summed E-state index contributed by atoms with van der Waals surface area (Å²) in [6.07, 6.45) is 0.614. The van der Waals surface area contributed by atoms with E-state index in [4.69, 9.17) is 4.74 Å². The third kappa shape index (κ3) is 6.51. The lowest BCUT2D eigenvalue weighted by molar-refractivity contribution is -0.145. The quantitative estimate of drug-likeness (QED) is 0.388. The smallest absolute Gasteiger partial charge is 0.338 e. The zero-order valence-electron chi connectivity index (χ0n) is 18.6. The van der Waals surface area contributed by atoms with Crippen LogP contribution in [0.2, 0.25) is 0 Å². The molecule has 2 N–H and O–H groups in total. The average molecular weight is 460 g/mol. The van der Waals surface area contributed by atoms with E-state index >= 15 is 0 Å². The average Bonchev–Trinajstić information content (AvgIpc) is 2.81. The fraction of sp³-hybridized carbons (Fsp3) is 0.500. The molecule has 0 saturated carbocycles. The van der Waals surface area contributed by atoms with Crippen LogP contribution in [-0.2, 0) is 23.9 Å². The Labute approximate surface area is 192 Å². The second kappa shape index (κ2) is 11.4. The van der Waals surface area contributed by atoms with Crippen molar-refractivity contribution in [1.29, 1.82) is 0 Å². The number of ether oxygens (including phenoxy) is 1. The maximum atomic E-state index is 12.9. The number of amides is 4. The van der Waals surface area contributed by atoms with Crippen molar-refractivity contribution in [3.63, 3.8) is 0 Å². The van der Waals surface area contributed by atoms with Gasteiger partial charge in [-0.3, -0.25) is 24.1 Å². The largest absolute Gasteiger partial charge is 0.462 e. The first-order chi connectivity index (χ1) is 15.9. The SMILES string of the molecule is CCOC(=O)c1ccc(NC(=O)C[C@H]2C(=O)NCCN2C(=O)CN2CCN(C=O)CC2)cc1. The Hall–Kier alpha value is -3.47. The van der Waals surface area contributed by atoms with E-state index in [9.17, 15) is 24.0 Å².